The monoisotopic (exact) mass is 793 g/mol. The Morgan fingerprint density at radius 2 is 0.737 bits per heavy atom. The molecule has 6 heteroatoms. The van der Waals surface area contributed by atoms with Gasteiger partial charge in [-0.25, -0.2) is 0 Å². The Morgan fingerprint density at radius 1 is 0.474 bits per heavy atom. The Labute approximate surface area is 349 Å². The van der Waals surface area contributed by atoms with Gasteiger partial charge in [-0.05, 0) is 74.3 Å². The molecule has 2 rings (SSSR count). The number of benzene rings is 2. The average molecular weight is 793 g/mol. The number of carbonyl (C=O) groups excluding carboxylic acids is 1. The van der Waals surface area contributed by atoms with Gasteiger partial charge in [0.05, 0.1) is 6.61 Å². The number of unbranched alkanes of at least 4 members (excludes halogenated alkanes) is 15. The molecular weight excluding hydrogens is 709 g/mol. The number of hydrogen-bond donors (Lipinski definition) is 3. The molecule has 0 fully saturated rings. The number of phenols is 2. The van der Waals surface area contributed by atoms with E-state index in [9.17, 15) is 24.9 Å². The van der Waals surface area contributed by atoms with Crippen molar-refractivity contribution in [2.45, 2.75) is 227 Å². The van der Waals surface area contributed by atoms with Gasteiger partial charge in [0.25, 0.3) is 0 Å². The van der Waals surface area contributed by atoms with Crippen LogP contribution < -0.4 is 0 Å². The standard InChI is InChI=1S/C51H84O6/c1-14-15-16-17-18-19-20-21-22-23-24-25-26-27-28-29-30-57-46(56)51(45(54)55,35-37-31-39(47(2,3)4)43(52)40(32-37)48(5,6)7)36-38-33-41(49(8,9)10)44(53)42(34-38)50(11,12)13/h31-34,52-53H,14-30,35-36H2,1-13H3,(H,54,55). The molecular formula is C51H84O6. The van der Waals surface area contributed by atoms with E-state index in [1.807, 2.05) is 107 Å². The van der Waals surface area contributed by atoms with Crippen LogP contribution in [0, 0.1) is 5.41 Å². The van der Waals surface area contributed by atoms with Gasteiger partial charge in [0.2, 0.25) is 0 Å². The Kier molecular flexibility index (Phi) is 19.2. The Morgan fingerprint density at radius 3 is 0.982 bits per heavy atom. The summed E-state index contributed by atoms with van der Waals surface area (Å²) in [4.78, 5) is 28.2. The zero-order valence-corrected chi connectivity index (χ0v) is 38.8. The topological polar surface area (TPSA) is 104 Å². The summed E-state index contributed by atoms with van der Waals surface area (Å²) in [5, 5.41) is 34.1. The lowest BCUT2D eigenvalue weighted by Gasteiger charge is -2.33. The van der Waals surface area contributed by atoms with Crippen molar-refractivity contribution in [2.24, 2.45) is 5.41 Å². The number of aromatic hydroxyl groups is 2. The van der Waals surface area contributed by atoms with Crippen molar-refractivity contribution in [1.29, 1.82) is 0 Å². The van der Waals surface area contributed by atoms with Crippen molar-refractivity contribution >= 4 is 11.9 Å². The number of rotatable bonds is 23. The Hall–Kier alpha value is -3.02. The summed E-state index contributed by atoms with van der Waals surface area (Å²) in [6, 6.07) is 7.46. The summed E-state index contributed by atoms with van der Waals surface area (Å²) >= 11 is 0. The molecule has 2 aromatic rings. The fourth-order valence-corrected chi connectivity index (χ4v) is 7.97. The van der Waals surface area contributed by atoms with Crippen molar-refractivity contribution in [1.82, 2.24) is 0 Å². The third kappa shape index (κ3) is 15.6. The normalized spacial score (nSPS) is 12.9. The minimum absolute atomic E-state index is 0.108. The number of ether oxygens (including phenoxy) is 1. The molecule has 0 atom stereocenters. The van der Waals surface area contributed by atoms with Gasteiger partial charge in [-0.15, -0.1) is 0 Å². The van der Waals surface area contributed by atoms with Gasteiger partial charge in [-0.2, -0.15) is 0 Å². The lowest BCUT2D eigenvalue weighted by Crippen LogP contribution is -2.45. The fraction of sp³-hybridized carbons (Fsp3) is 0.725. The summed E-state index contributed by atoms with van der Waals surface area (Å²) < 4.78 is 5.95. The highest BCUT2D eigenvalue weighted by Gasteiger charge is 2.49. The molecule has 0 aromatic heterocycles. The number of carboxylic acid groups (broad SMARTS) is 1. The van der Waals surface area contributed by atoms with E-state index in [4.69, 9.17) is 4.74 Å². The number of carbonyl (C=O) groups is 2. The molecule has 6 nitrogen and oxygen atoms in total. The maximum atomic E-state index is 14.4. The Balaban J connectivity index is 2.30. The van der Waals surface area contributed by atoms with Gasteiger partial charge >= 0.3 is 11.9 Å². The summed E-state index contributed by atoms with van der Waals surface area (Å²) in [7, 11) is 0. The number of aliphatic carboxylic acids is 1. The second-order valence-electron chi connectivity index (χ2n) is 21.3. The highest BCUT2D eigenvalue weighted by atomic mass is 16.5. The molecule has 0 amide bonds. The van der Waals surface area contributed by atoms with Crippen molar-refractivity contribution in [3.63, 3.8) is 0 Å². The van der Waals surface area contributed by atoms with Crippen LogP contribution in [0.4, 0.5) is 0 Å². The van der Waals surface area contributed by atoms with E-state index in [0.29, 0.717) is 39.8 Å². The quantitative estimate of drug-likeness (QED) is 0.0588. The van der Waals surface area contributed by atoms with Gasteiger partial charge in [-0.1, -0.05) is 211 Å². The molecule has 0 saturated carbocycles. The molecule has 0 spiro atoms. The number of carboxylic acids is 1. The Bertz CT molecular complexity index is 1400. The first-order chi connectivity index (χ1) is 26.4. The van der Waals surface area contributed by atoms with Crippen molar-refractivity contribution in [2.75, 3.05) is 6.61 Å². The predicted octanol–water partition coefficient (Wildman–Crippen LogP) is 13.9. The van der Waals surface area contributed by atoms with Crippen LogP contribution in [-0.4, -0.2) is 33.9 Å². The molecule has 0 unspecified atom stereocenters. The average Bonchev–Trinajstić information content (AvgIpc) is 3.08. The highest BCUT2D eigenvalue weighted by Crippen LogP contribution is 2.44. The summed E-state index contributed by atoms with van der Waals surface area (Å²) in [6.45, 7) is 26.7. The zero-order valence-electron chi connectivity index (χ0n) is 38.8. The lowest BCUT2D eigenvalue weighted by atomic mass is 9.71. The van der Waals surface area contributed by atoms with E-state index in [0.717, 1.165) is 19.3 Å². The van der Waals surface area contributed by atoms with E-state index >= 15 is 0 Å². The summed E-state index contributed by atoms with van der Waals surface area (Å²) in [6.07, 6.45) is 19.7. The molecule has 324 valence electrons. The summed E-state index contributed by atoms with van der Waals surface area (Å²) in [5.41, 5.74) is 0.490. The molecule has 57 heavy (non-hydrogen) atoms. The SMILES string of the molecule is CCCCCCCCCCCCCCCCCCOC(=O)C(Cc1cc(C(C)(C)C)c(O)c(C(C)(C)C)c1)(Cc1cc(C(C)(C)C)c(O)c(C(C)(C)C)c1)C(=O)O. The van der Waals surface area contributed by atoms with Crippen LogP contribution in [0.25, 0.3) is 0 Å². The van der Waals surface area contributed by atoms with E-state index in [2.05, 4.69) is 6.92 Å². The van der Waals surface area contributed by atoms with Gasteiger partial charge in [-0.3, -0.25) is 9.59 Å². The third-order valence-electron chi connectivity index (χ3n) is 11.6. The molecule has 2 aromatic carbocycles. The van der Waals surface area contributed by atoms with Crippen LogP contribution in [0.15, 0.2) is 24.3 Å². The predicted molar refractivity (Wildman–Crippen MR) is 239 cm³/mol. The maximum Gasteiger partial charge on any atom is 0.324 e. The summed E-state index contributed by atoms with van der Waals surface area (Å²) in [5.74, 6) is -1.59. The van der Waals surface area contributed by atoms with Crippen molar-refractivity contribution < 1.29 is 29.6 Å². The fourth-order valence-electron chi connectivity index (χ4n) is 7.97. The van der Waals surface area contributed by atoms with Gasteiger partial charge in [0, 0.05) is 0 Å². The van der Waals surface area contributed by atoms with Gasteiger partial charge in [0.15, 0.2) is 5.41 Å². The second kappa shape index (κ2) is 21.8. The molecule has 3 N–H and O–H groups in total. The van der Waals surface area contributed by atoms with Crippen LogP contribution in [0.5, 0.6) is 11.5 Å². The minimum Gasteiger partial charge on any atom is -0.507 e. The minimum atomic E-state index is -1.95. The van der Waals surface area contributed by atoms with Crippen LogP contribution >= 0.6 is 0 Å². The second-order valence-corrected chi connectivity index (χ2v) is 21.3. The zero-order chi connectivity index (χ0) is 43.2. The first-order valence-corrected chi connectivity index (χ1v) is 22.5. The first kappa shape index (κ1) is 50.1. The van der Waals surface area contributed by atoms with E-state index < -0.39 is 39.0 Å². The van der Waals surface area contributed by atoms with E-state index in [-0.39, 0.29) is 30.9 Å². The molecule has 0 aliphatic heterocycles. The molecule has 0 heterocycles. The van der Waals surface area contributed by atoms with Gasteiger partial charge in [0.1, 0.15) is 11.5 Å². The van der Waals surface area contributed by atoms with E-state index in [1.165, 1.54) is 77.0 Å². The molecule has 0 radical (unpaired) electrons. The molecule has 0 saturated heterocycles. The van der Waals surface area contributed by atoms with Crippen LogP contribution in [0.1, 0.15) is 226 Å². The van der Waals surface area contributed by atoms with Crippen molar-refractivity contribution in [3.8, 4) is 11.5 Å². The van der Waals surface area contributed by atoms with Gasteiger partial charge < -0.3 is 20.1 Å². The molecule has 0 aliphatic carbocycles. The molecule has 0 bridgehead atoms. The van der Waals surface area contributed by atoms with Crippen LogP contribution in [0.3, 0.4) is 0 Å². The maximum absolute atomic E-state index is 14.4. The number of hydrogen-bond acceptors (Lipinski definition) is 5. The van der Waals surface area contributed by atoms with Crippen molar-refractivity contribution in [3.05, 3.63) is 57.6 Å². The highest BCUT2D eigenvalue weighted by molar-refractivity contribution is 6.00. The third-order valence-corrected chi connectivity index (χ3v) is 11.6. The largest absolute Gasteiger partial charge is 0.507 e. The lowest BCUT2D eigenvalue weighted by molar-refractivity contribution is -0.169. The first-order valence-electron chi connectivity index (χ1n) is 22.5. The number of esters is 1. The van der Waals surface area contributed by atoms with Crippen LogP contribution in [0.2, 0.25) is 0 Å². The smallest absolute Gasteiger partial charge is 0.324 e. The number of phenolic OH excluding ortho intramolecular Hbond substituents is 2. The van der Waals surface area contributed by atoms with E-state index in [1.54, 1.807) is 0 Å². The van der Waals surface area contributed by atoms with Crippen LogP contribution in [-0.2, 0) is 48.8 Å². The molecule has 0 aliphatic rings.